The maximum atomic E-state index is 10.8. The van der Waals surface area contributed by atoms with Crippen LogP contribution in [0.5, 0.6) is 5.75 Å². The Kier molecular flexibility index (Phi) is 5.44. The van der Waals surface area contributed by atoms with Crippen LogP contribution in [-0.2, 0) is 4.79 Å². The lowest BCUT2D eigenvalue weighted by Crippen LogP contribution is -2.28. The highest BCUT2D eigenvalue weighted by molar-refractivity contribution is 5.85. The molecule has 1 saturated heterocycles. The van der Waals surface area contributed by atoms with Crippen LogP contribution in [0, 0.1) is 0 Å². The second-order valence-corrected chi connectivity index (χ2v) is 4.33. The van der Waals surface area contributed by atoms with E-state index in [2.05, 4.69) is 5.32 Å². The van der Waals surface area contributed by atoms with Gasteiger partial charge in [-0.3, -0.25) is 4.79 Å². The zero-order valence-corrected chi connectivity index (χ0v) is 11.1. The number of carbonyl (C=O) groups is 1. The molecule has 0 amide bonds. The number of halogens is 1. The summed E-state index contributed by atoms with van der Waals surface area (Å²) < 4.78 is 5.11. The van der Waals surface area contributed by atoms with Gasteiger partial charge in [-0.25, -0.2) is 0 Å². The summed E-state index contributed by atoms with van der Waals surface area (Å²) in [7, 11) is 1.64. The van der Waals surface area contributed by atoms with Crippen molar-refractivity contribution in [3.8, 4) is 5.75 Å². The average molecular weight is 272 g/mol. The molecule has 0 spiro atoms. The van der Waals surface area contributed by atoms with Gasteiger partial charge in [0.15, 0.2) is 0 Å². The Morgan fingerprint density at radius 3 is 2.67 bits per heavy atom. The first-order valence-electron chi connectivity index (χ1n) is 5.80. The van der Waals surface area contributed by atoms with Crippen molar-refractivity contribution >= 4 is 18.4 Å². The molecule has 0 radical (unpaired) electrons. The van der Waals surface area contributed by atoms with Crippen LogP contribution in [0.2, 0.25) is 0 Å². The van der Waals surface area contributed by atoms with Crippen molar-refractivity contribution in [1.82, 2.24) is 5.32 Å². The molecule has 0 unspecified atom stereocenters. The minimum atomic E-state index is -0.747. The van der Waals surface area contributed by atoms with Gasteiger partial charge >= 0.3 is 5.97 Å². The van der Waals surface area contributed by atoms with E-state index in [1.54, 1.807) is 7.11 Å². The van der Waals surface area contributed by atoms with Gasteiger partial charge in [-0.1, -0.05) is 12.1 Å². The zero-order valence-electron chi connectivity index (χ0n) is 10.3. The van der Waals surface area contributed by atoms with Crippen LogP contribution in [0.4, 0.5) is 0 Å². The standard InChI is InChI=1S/C13H17NO3.ClH/c1-17-10-4-2-9(3-5-10)11-6-7-14-12(11)8-13(15)16;/h2-5,11-12,14H,6-8H2,1H3,(H,15,16);1H/t11-,12-;/m0./s1. The third-order valence-corrected chi connectivity index (χ3v) is 3.29. The lowest BCUT2D eigenvalue weighted by molar-refractivity contribution is -0.137. The van der Waals surface area contributed by atoms with E-state index in [1.165, 1.54) is 5.56 Å². The molecular formula is C13H18ClNO3. The third kappa shape index (κ3) is 3.37. The van der Waals surface area contributed by atoms with Crippen LogP contribution in [0.3, 0.4) is 0 Å². The minimum absolute atomic E-state index is 0. The number of rotatable bonds is 4. The molecule has 0 bridgehead atoms. The fourth-order valence-electron chi connectivity index (χ4n) is 2.42. The topological polar surface area (TPSA) is 58.6 Å². The lowest BCUT2D eigenvalue weighted by atomic mass is 9.90. The van der Waals surface area contributed by atoms with E-state index < -0.39 is 5.97 Å². The summed E-state index contributed by atoms with van der Waals surface area (Å²) in [6.45, 7) is 0.884. The number of carboxylic acid groups (broad SMARTS) is 1. The highest BCUT2D eigenvalue weighted by Crippen LogP contribution is 2.30. The minimum Gasteiger partial charge on any atom is -0.497 e. The van der Waals surface area contributed by atoms with E-state index in [1.807, 2.05) is 24.3 Å². The molecule has 1 aromatic carbocycles. The van der Waals surface area contributed by atoms with Gasteiger partial charge in [0.1, 0.15) is 5.75 Å². The molecule has 2 N–H and O–H groups in total. The lowest BCUT2D eigenvalue weighted by Gasteiger charge is -2.18. The molecule has 100 valence electrons. The Morgan fingerprint density at radius 2 is 2.11 bits per heavy atom. The summed E-state index contributed by atoms with van der Waals surface area (Å²) in [5.41, 5.74) is 1.18. The van der Waals surface area contributed by atoms with E-state index in [0.717, 1.165) is 18.7 Å². The summed E-state index contributed by atoms with van der Waals surface area (Å²) in [6, 6.07) is 7.93. The maximum Gasteiger partial charge on any atom is 0.304 e. The average Bonchev–Trinajstić information content (AvgIpc) is 2.76. The van der Waals surface area contributed by atoms with Gasteiger partial charge in [-0.15, -0.1) is 12.4 Å². The normalized spacial score (nSPS) is 22.3. The molecule has 5 heteroatoms. The summed E-state index contributed by atoms with van der Waals surface area (Å²) in [5, 5.41) is 12.1. The Balaban J connectivity index is 0.00000162. The van der Waals surface area contributed by atoms with Gasteiger partial charge in [0, 0.05) is 12.0 Å². The smallest absolute Gasteiger partial charge is 0.304 e. The number of nitrogens with one attached hydrogen (secondary N) is 1. The second-order valence-electron chi connectivity index (χ2n) is 4.33. The number of hydrogen-bond acceptors (Lipinski definition) is 3. The molecule has 1 fully saturated rings. The van der Waals surface area contributed by atoms with Crippen LogP contribution in [0.15, 0.2) is 24.3 Å². The molecule has 1 aromatic rings. The molecule has 2 rings (SSSR count). The first kappa shape index (κ1) is 14.8. The molecular weight excluding hydrogens is 254 g/mol. The predicted octanol–water partition coefficient (Wildman–Crippen LogP) is 2.04. The molecule has 0 aromatic heterocycles. The summed E-state index contributed by atoms with van der Waals surface area (Å²) >= 11 is 0. The molecule has 4 nitrogen and oxygen atoms in total. The van der Waals surface area contributed by atoms with Crippen LogP contribution in [0.25, 0.3) is 0 Å². The van der Waals surface area contributed by atoms with E-state index in [9.17, 15) is 4.79 Å². The van der Waals surface area contributed by atoms with Crippen LogP contribution in [-0.4, -0.2) is 30.8 Å². The Labute approximate surface area is 113 Å². The number of hydrogen-bond donors (Lipinski definition) is 2. The summed E-state index contributed by atoms with van der Waals surface area (Å²) in [4.78, 5) is 10.8. The second kappa shape index (κ2) is 6.61. The van der Waals surface area contributed by atoms with E-state index >= 15 is 0 Å². The first-order valence-corrected chi connectivity index (χ1v) is 5.80. The summed E-state index contributed by atoms with van der Waals surface area (Å²) in [6.07, 6.45) is 1.17. The number of methoxy groups -OCH3 is 1. The van der Waals surface area contributed by atoms with Gasteiger partial charge in [0.05, 0.1) is 13.5 Å². The fourth-order valence-corrected chi connectivity index (χ4v) is 2.42. The van der Waals surface area contributed by atoms with Crippen molar-refractivity contribution in [3.05, 3.63) is 29.8 Å². The van der Waals surface area contributed by atoms with Gasteiger partial charge in [-0.2, -0.15) is 0 Å². The fraction of sp³-hybridized carbons (Fsp3) is 0.462. The predicted molar refractivity (Wildman–Crippen MR) is 71.6 cm³/mol. The molecule has 18 heavy (non-hydrogen) atoms. The number of ether oxygens (including phenoxy) is 1. The molecule has 1 aliphatic heterocycles. The molecule has 0 saturated carbocycles. The van der Waals surface area contributed by atoms with Gasteiger partial charge in [0.2, 0.25) is 0 Å². The van der Waals surface area contributed by atoms with Crippen LogP contribution >= 0.6 is 12.4 Å². The number of carboxylic acids is 1. The van der Waals surface area contributed by atoms with Crippen molar-refractivity contribution < 1.29 is 14.6 Å². The molecule has 2 atom stereocenters. The molecule has 1 heterocycles. The first-order chi connectivity index (χ1) is 8.20. The van der Waals surface area contributed by atoms with Crippen LogP contribution in [0.1, 0.15) is 24.3 Å². The van der Waals surface area contributed by atoms with Gasteiger partial charge in [0.25, 0.3) is 0 Å². The van der Waals surface area contributed by atoms with E-state index in [4.69, 9.17) is 9.84 Å². The highest BCUT2D eigenvalue weighted by atomic mass is 35.5. The molecule has 1 aliphatic rings. The SMILES string of the molecule is COc1ccc([C@@H]2CCN[C@H]2CC(=O)O)cc1.Cl. The number of benzene rings is 1. The summed E-state index contributed by atoms with van der Waals surface area (Å²) in [5.74, 6) is 0.370. The van der Waals surface area contributed by atoms with E-state index in [-0.39, 0.29) is 30.8 Å². The van der Waals surface area contributed by atoms with Gasteiger partial charge < -0.3 is 15.2 Å². The zero-order chi connectivity index (χ0) is 12.3. The number of aliphatic carboxylic acids is 1. The van der Waals surface area contributed by atoms with Crippen molar-refractivity contribution in [2.75, 3.05) is 13.7 Å². The Morgan fingerprint density at radius 1 is 1.44 bits per heavy atom. The largest absolute Gasteiger partial charge is 0.497 e. The maximum absolute atomic E-state index is 10.8. The Hall–Kier alpha value is -1.26. The van der Waals surface area contributed by atoms with Crippen molar-refractivity contribution in [2.24, 2.45) is 0 Å². The van der Waals surface area contributed by atoms with E-state index in [0.29, 0.717) is 0 Å². The van der Waals surface area contributed by atoms with Crippen molar-refractivity contribution in [2.45, 2.75) is 24.8 Å². The monoisotopic (exact) mass is 271 g/mol. The van der Waals surface area contributed by atoms with Crippen molar-refractivity contribution in [3.63, 3.8) is 0 Å². The quantitative estimate of drug-likeness (QED) is 0.880. The highest BCUT2D eigenvalue weighted by Gasteiger charge is 2.29. The van der Waals surface area contributed by atoms with Crippen LogP contribution < -0.4 is 10.1 Å². The molecule has 0 aliphatic carbocycles. The van der Waals surface area contributed by atoms with Gasteiger partial charge in [-0.05, 0) is 30.7 Å². The Bertz CT molecular complexity index is 394. The van der Waals surface area contributed by atoms with Crippen molar-refractivity contribution in [1.29, 1.82) is 0 Å². The third-order valence-electron chi connectivity index (χ3n) is 3.29.